The van der Waals surface area contributed by atoms with Crippen LogP contribution in [0.4, 0.5) is 8.78 Å². The molecule has 2 N–H and O–H groups in total. The number of carbonyl (C=O) groups is 1. The van der Waals surface area contributed by atoms with Crippen molar-refractivity contribution in [1.82, 2.24) is 20.2 Å². The Morgan fingerprint density at radius 2 is 2.28 bits per heavy atom. The molecule has 0 aliphatic carbocycles. The highest BCUT2D eigenvalue weighted by Crippen LogP contribution is 2.23. The normalized spacial score (nSPS) is 20.8. The number of rotatable bonds is 5. The van der Waals surface area contributed by atoms with Crippen molar-refractivity contribution in [2.45, 2.75) is 24.9 Å². The molecule has 0 bridgehead atoms. The van der Waals surface area contributed by atoms with Gasteiger partial charge in [-0.15, -0.1) is 0 Å². The molecule has 132 valence electrons. The number of hydrogen-bond donors (Lipinski definition) is 2. The first-order valence-corrected chi connectivity index (χ1v) is 8.15. The van der Waals surface area contributed by atoms with Crippen molar-refractivity contribution in [3.05, 3.63) is 59.7 Å². The summed E-state index contributed by atoms with van der Waals surface area (Å²) in [6.07, 6.45) is 8.01. The number of piperidine rings is 1. The van der Waals surface area contributed by atoms with Crippen molar-refractivity contribution < 1.29 is 13.6 Å². The van der Waals surface area contributed by atoms with Gasteiger partial charge in [0, 0.05) is 37.7 Å². The van der Waals surface area contributed by atoms with Gasteiger partial charge in [0.25, 0.3) is 0 Å². The molecule has 5 nitrogen and oxygen atoms in total. The molecule has 0 saturated carbocycles. The third-order valence-electron chi connectivity index (χ3n) is 4.33. The molecule has 1 aliphatic rings. The van der Waals surface area contributed by atoms with Gasteiger partial charge in [-0.1, -0.05) is 12.2 Å². The summed E-state index contributed by atoms with van der Waals surface area (Å²) < 4.78 is 28.4. The fourth-order valence-corrected chi connectivity index (χ4v) is 3.01. The van der Waals surface area contributed by atoms with Gasteiger partial charge in [-0.2, -0.15) is 0 Å². The van der Waals surface area contributed by atoms with Gasteiger partial charge in [-0.25, -0.2) is 13.8 Å². The number of imidazole rings is 1. The number of carbonyl (C=O) groups excluding carboxylic acids is 1. The van der Waals surface area contributed by atoms with E-state index in [9.17, 15) is 13.6 Å². The van der Waals surface area contributed by atoms with Crippen LogP contribution in [0.3, 0.4) is 0 Å². The first-order valence-electron chi connectivity index (χ1n) is 8.15. The fourth-order valence-electron chi connectivity index (χ4n) is 3.01. The molecule has 3 rings (SSSR count). The molecule has 0 spiro atoms. The van der Waals surface area contributed by atoms with Crippen molar-refractivity contribution in [1.29, 1.82) is 0 Å². The van der Waals surface area contributed by atoms with E-state index in [0.29, 0.717) is 24.9 Å². The minimum absolute atomic E-state index is 0.0215. The Labute approximate surface area is 144 Å². The number of nitrogens with zero attached hydrogens (tertiary/aromatic N) is 2. The number of halogens is 2. The van der Waals surface area contributed by atoms with Crippen LogP contribution in [-0.4, -0.2) is 28.0 Å². The molecular formula is C18H20F2N4O. The third kappa shape index (κ3) is 4.11. The topological polar surface area (TPSA) is 59.0 Å². The number of aromatic nitrogens is 2. The quantitative estimate of drug-likeness (QED) is 0.874. The summed E-state index contributed by atoms with van der Waals surface area (Å²) in [6.45, 7) is 0.506. The van der Waals surface area contributed by atoms with Crippen molar-refractivity contribution in [3.8, 4) is 0 Å². The predicted octanol–water partition coefficient (Wildman–Crippen LogP) is 2.32. The highest BCUT2D eigenvalue weighted by molar-refractivity contribution is 5.77. The lowest BCUT2D eigenvalue weighted by molar-refractivity contribution is -0.124. The zero-order valence-corrected chi connectivity index (χ0v) is 13.9. The molecule has 25 heavy (non-hydrogen) atoms. The maximum absolute atomic E-state index is 13.6. The smallest absolute Gasteiger partial charge is 0.220 e. The molecule has 1 aromatic carbocycles. The van der Waals surface area contributed by atoms with Gasteiger partial charge < -0.3 is 15.2 Å². The first-order chi connectivity index (χ1) is 12.0. The summed E-state index contributed by atoms with van der Waals surface area (Å²) in [6, 6.07) is 3.38. The Bertz CT molecular complexity index is 787. The minimum Gasteiger partial charge on any atom is -0.346 e. The standard InChI is InChI=1S/C18H20F2N4O/c1-24-11-21-10-16(24)18-15(6-7-17(25)23-18)22-8-2-3-12-4-5-13(19)9-14(12)20/h2-5,9-11,15,18,22H,6-8H2,1H3,(H,23,25)/b3-2+/t15-,18-/m1/s1. The van der Waals surface area contributed by atoms with Crippen molar-refractivity contribution in [2.75, 3.05) is 6.54 Å². The molecular weight excluding hydrogens is 326 g/mol. The Hall–Kier alpha value is -2.54. The summed E-state index contributed by atoms with van der Waals surface area (Å²) in [7, 11) is 1.89. The number of nitrogens with one attached hydrogen (secondary N) is 2. The maximum atomic E-state index is 13.6. The van der Waals surface area contributed by atoms with Gasteiger partial charge in [0.05, 0.1) is 24.3 Å². The zero-order chi connectivity index (χ0) is 17.8. The summed E-state index contributed by atoms with van der Waals surface area (Å²) in [4.78, 5) is 15.9. The average molecular weight is 346 g/mol. The van der Waals surface area contributed by atoms with E-state index in [1.165, 1.54) is 12.1 Å². The van der Waals surface area contributed by atoms with E-state index in [0.717, 1.165) is 11.8 Å². The van der Waals surface area contributed by atoms with Gasteiger partial charge in [0.2, 0.25) is 5.91 Å². The molecule has 0 radical (unpaired) electrons. The molecule has 1 saturated heterocycles. The maximum Gasteiger partial charge on any atom is 0.220 e. The van der Waals surface area contributed by atoms with Crippen LogP contribution in [0.15, 0.2) is 36.8 Å². The van der Waals surface area contributed by atoms with Crippen LogP contribution in [0, 0.1) is 11.6 Å². The molecule has 1 fully saturated rings. The molecule has 2 heterocycles. The lowest BCUT2D eigenvalue weighted by atomic mass is 9.95. The van der Waals surface area contributed by atoms with Gasteiger partial charge in [-0.05, 0) is 18.6 Å². The van der Waals surface area contributed by atoms with Crippen LogP contribution >= 0.6 is 0 Å². The molecule has 1 aromatic heterocycles. The Morgan fingerprint density at radius 3 is 3.00 bits per heavy atom. The van der Waals surface area contributed by atoms with Crippen LogP contribution in [0.25, 0.3) is 6.08 Å². The van der Waals surface area contributed by atoms with E-state index in [2.05, 4.69) is 15.6 Å². The van der Waals surface area contributed by atoms with E-state index < -0.39 is 11.6 Å². The number of benzene rings is 1. The van der Waals surface area contributed by atoms with Crippen molar-refractivity contribution in [3.63, 3.8) is 0 Å². The van der Waals surface area contributed by atoms with Gasteiger partial charge in [-0.3, -0.25) is 4.79 Å². The Balaban J connectivity index is 1.63. The average Bonchev–Trinajstić information content (AvgIpc) is 3.00. The Kier molecular flexibility index (Phi) is 5.23. The monoisotopic (exact) mass is 346 g/mol. The van der Waals surface area contributed by atoms with Crippen LogP contribution in [0.2, 0.25) is 0 Å². The van der Waals surface area contributed by atoms with E-state index in [1.807, 2.05) is 11.6 Å². The van der Waals surface area contributed by atoms with Gasteiger partial charge >= 0.3 is 0 Å². The molecule has 2 aromatic rings. The Morgan fingerprint density at radius 1 is 1.44 bits per heavy atom. The second-order valence-electron chi connectivity index (χ2n) is 6.10. The molecule has 2 atom stereocenters. The van der Waals surface area contributed by atoms with Gasteiger partial charge in [0.1, 0.15) is 11.6 Å². The van der Waals surface area contributed by atoms with Crippen molar-refractivity contribution >= 4 is 12.0 Å². The summed E-state index contributed by atoms with van der Waals surface area (Å²) in [5, 5.41) is 6.37. The van der Waals surface area contributed by atoms with E-state index in [4.69, 9.17) is 0 Å². The van der Waals surface area contributed by atoms with E-state index in [-0.39, 0.29) is 18.0 Å². The lowest BCUT2D eigenvalue weighted by Gasteiger charge is -2.32. The second-order valence-corrected chi connectivity index (χ2v) is 6.10. The van der Waals surface area contributed by atoms with E-state index >= 15 is 0 Å². The number of hydrogen-bond acceptors (Lipinski definition) is 3. The van der Waals surface area contributed by atoms with E-state index in [1.54, 1.807) is 24.7 Å². The largest absolute Gasteiger partial charge is 0.346 e. The fraction of sp³-hybridized carbons (Fsp3) is 0.333. The minimum atomic E-state index is -0.593. The van der Waals surface area contributed by atoms with Crippen molar-refractivity contribution in [2.24, 2.45) is 7.05 Å². The summed E-state index contributed by atoms with van der Waals surface area (Å²) >= 11 is 0. The lowest BCUT2D eigenvalue weighted by Crippen LogP contribution is -2.49. The molecule has 1 amide bonds. The summed E-state index contributed by atoms with van der Waals surface area (Å²) in [5.41, 5.74) is 1.27. The first kappa shape index (κ1) is 17.3. The molecule has 1 aliphatic heterocycles. The number of amides is 1. The second kappa shape index (κ2) is 7.57. The highest BCUT2D eigenvalue weighted by atomic mass is 19.1. The SMILES string of the molecule is Cn1cncc1[C@@H]1NC(=O)CC[C@H]1NC/C=C/c1ccc(F)cc1F. The highest BCUT2D eigenvalue weighted by Gasteiger charge is 2.30. The van der Waals surface area contributed by atoms with Crippen LogP contribution < -0.4 is 10.6 Å². The zero-order valence-electron chi connectivity index (χ0n) is 13.9. The number of aryl methyl sites for hydroxylation is 1. The predicted molar refractivity (Wildman–Crippen MR) is 90.5 cm³/mol. The van der Waals surface area contributed by atoms with Crippen LogP contribution in [0.1, 0.15) is 30.1 Å². The van der Waals surface area contributed by atoms with Gasteiger partial charge in [0.15, 0.2) is 0 Å². The third-order valence-corrected chi connectivity index (χ3v) is 4.33. The molecule has 0 unspecified atom stereocenters. The van der Waals surface area contributed by atoms with Crippen LogP contribution in [-0.2, 0) is 11.8 Å². The van der Waals surface area contributed by atoms with Crippen LogP contribution in [0.5, 0.6) is 0 Å². The summed E-state index contributed by atoms with van der Waals surface area (Å²) in [5.74, 6) is -1.16. The molecule has 7 heteroatoms.